The second-order valence-electron chi connectivity index (χ2n) is 10.8. The highest BCUT2D eigenvalue weighted by Gasteiger charge is 3.05. The van der Waals surface area contributed by atoms with Crippen LogP contribution in [0.2, 0.25) is 0 Å². The Labute approximate surface area is 176 Å². The molecule has 2 saturated carbocycles. The smallest absolute Gasteiger partial charge is 0.343 e. The molecule has 0 bridgehead atoms. The molecule has 0 amide bonds. The van der Waals surface area contributed by atoms with Crippen LogP contribution in [-0.4, -0.2) is 86.3 Å². The number of hydrogen-bond acceptors (Lipinski definition) is 11. The Balaban J connectivity index is 1.75. The Kier molecular flexibility index (Phi) is 3.15. The molecular weight excluding hydrogens is 416 g/mol. The van der Waals surface area contributed by atoms with E-state index in [0.717, 1.165) is 0 Å². The quantitative estimate of drug-likeness (QED) is 0.234. The number of fused-ring (bicyclic) bond motifs is 1. The Hall–Kier alpha value is -1.79. The first-order valence-corrected chi connectivity index (χ1v) is 10.3. The van der Waals surface area contributed by atoms with Crippen LogP contribution in [0.25, 0.3) is 0 Å². The summed E-state index contributed by atoms with van der Waals surface area (Å²) >= 11 is 0. The van der Waals surface area contributed by atoms with Crippen LogP contribution < -0.4 is 0 Å². The molecule has 4 aliphatic heterocycles. The maximum absolute atomic E-state index is 13.4. The van der Waals surface area contributed by atoms with Gasteiger partial charge in [-0.15, -0.1) is 0 Å². The molecule has 4 N–H and O–H groups in total. The van der Waals surface area contributed by atoms with Gasteiger partial charge in [-0.2, -0.15) is 0 Å². The van der Waals surface area contributed by atoms with Crippen LogP contribution in [0.4, 0.5) is 0 Å². The van der Waals surface area contributed by atoms with Gasteiger partial charge in [0, 0.05) is 5.92 Å². The van der Waals surface area contributed by atoms with Gasteiger partial charge < -0.3 is 39.4 Å². The molecule has 1 unspecified atom stereocenters. The van der Waals surface area contributed by atoms with Crippen molar-refractivity contribution in [3.05, 3.63) is 0 Å². The zero-order valence-corrected chi connectivity index (χ0v) is 17.3. The van der Waals surface area contributed by atoms with Gasteiger partial charge in [0.15, 0.2) is 17.8 Å². The summed E-state index contributed by atoms with van der Waals surface area (Å²) in [5.74, 6) is -5.22. The van der Waals surface area contributed by atoms with Gasteiger partial charge in [0.05, 0.1) is 22.9 Å². The molecule has 2 aliphatic carbocycles. The lowest BCUT2D eigenvalue weighted by molar-refractivity contribution is -0.240. The van der Waals surface area contributed by atoms with Crippen LogP contribution in [0.1, 0.15) is 27.7 Å². The van der Waals surface area contributed by atoms with Crippen molar-refractivity contribution >= 4 is 17.9 Å². The predicted octanol–water partition coefficient (Wildman–Crippen LogP) is -2.40. The summed E-state index contributed by atoms with van der Waals surface area (Å²) in [7, 11) is 0. The normalized spacial score (nSPS) is 61.0. The van der Waals surface area contributed by atoms with E-state index < -0.39 is 94.0 Å². The van der Waals surface area contributed by atoms with E-state index in [1.54, 1.807) is 20.8 Å². The number of hydrogen-bond donors (Lipinski definition) is 4. The van der Waals surface area contributed by atoms with E-state index in [0.29, 0.717) is 0 Å². The Morgan fingerprint density at radius 1 is 0.935 bits per heavy atom. The zero-order valence-electron chi connectivity index (χ0n) is 17.3. The highest BCUT2D eigenvalue weighted by Crippen LogP contribution is 2.84. The number of aliphatic hydroxyl groups excluding tert-OH is 3. The third kappa shape index (κ3) is 1.43. The maximum Gasteiger partial charge on any atom is 0.343 e. The molecule has 6 fully saturated rings. The predicted molar refractivity (Wildman–Crippen MR) is 93.4 cm³/mol. The summed E-state index contributed by atoms with van der Waals surface area (Å²) in [6.45, 7) is 6.63. The molecule has 4 saturated heterocycles. The monoisotopic (exact) mass is 440 g/mol. The van der Waals surface area contributed by atoms with Crippen LogP contribution in [-0.2, 0) is 33.3 Å². The van der Waals surface area contributed by atoms with Gasteiger partial charge in [-0.1, -0.05) is 20.8 Å². The fourth-order valence-corrected chi connectivity index (χ4v) is 8.27. The molecule has 31 heavy (non-hydrogen) atoms. The van der Waals surface area contributed by atoms with Gasteiger partial charge in [0.2, 0.25) is 11.9 Å². The third-order valence-corrected chi connectivity index (χ3v) is 8.95. The van der Waals surface area contributed by atoms with E-state index in [1.165, 1.54) is 6.92 Å². The number of esters is 3. The van der Waals surface area contributed by atoms with Crippen LogP contribution in [0.5, 0.6) is 0 Å². The van der Waals surface area contributed by atoms with Gasteiger partial charge >= 0.3 is 17.9 Å². The molecule has 0 radical (unpaired) electrons. The van der Waals surface area contributed by atoms with Gasteiger partial charge in [0.1, 0.15) is 12.2 Å². The average Bonchev–Trinajstić information content (AvgIpc) is 3.35. The zero-order chi connectivity index (χ0) is 22.7. The van der Waals surface area contributed by atoms with Crippen LogP contribution in [0, 0.1) is 28.1 Å². The standard InChI is InChI=1S/C20H24O11/c1-5-12(24)28-11-8(22)18-10-6(21)7(16(2,3)4)17(18)9(23)13(25)30-15(17)31-20(18,14(26)29-10)19(5,11)27/h5-11,15,21-23,27H,1-4H3/t5-,6-,7+,8+,9+,10-,11+,15?,17+,18-,19-,20-/m1/s1. The summed E-state index contributed by atoms with van der Waals surface area (Å²) in [6.07, 6.45) is -9.69. The molecule has 0 aromatic heterocycles. The minimum atomic E-state index is -2.40. The number of carbonyl (C=O) groups is 3. The van der Waals surface area contributed by atoms with Crippen molar-refractivity contribution in [2.24, 2.45) is 28.1 Å². The minimum absolute atomic E-state index is 0.792. The molecule has 11 heteroatoms. The van der Waals surface area contributed by atoms with E-state index in [4.69, 9.17) is 18.9 Å². The van der Waals surface area contributed by atoms with E-state index in [-0.39, 0.29) is 0 Å². The topological polar surface area (TPSA) is 169 Å². The minimum Gasteiger partial charge on any atom is -0.456 e. The fraction of sp³-hybridized carbons (Fsp3) is 0.850. The lowest BCUT2D eigenvalue weighted by atomic mass is 9.51. The highest BCUT2D eigenvalue weighted by molar-refractivity contribution is 5.94. The van der Waals surface area contributed by atoms with Crippen molar-refractivity contribution in [3.63, 3.8) is 0 Å². The highest BCUT2D eigenvalue weighted by atomic mass is 16.8. The first kappa shape index (κ1) is 19.9. The number of ether oxygens (including phenoxy) is 4. The maximum atomic E-state index is 13.4. The van der Waals surface area contributed by atoms with Crippen molar-refractivity contribution in [1.82, 2.24) is 0 Å². The van der Waals surface area contributed by atoms with E-state index in [1.807, 2.05) is 0 Å². The Morgan fingerprint density at radius 2 is 1.58 bits per heavy atom. The lowest BCUT2D eigenvalue weighted by Gasteiger charge is -2.47. The molecule has 170 valence electrons. The number of aliphatic hydroxyl groups is 4. The second kappa shape index (κ2) is 4.91. The molecular formula is C20H24O11. The molecule has 2 spiro atoms. The Morgan fingerprint density at radius 3 is 2.19 bits per heavy atom. The second-order valence-corrected chi connectivity index (χ2v) is 10.8. The van der Waals surface area contributed by atoms with Crippen molar-refractivity contribution in [2.45, 2.75) is 75.7 Å². The van der Waals surface area contributed by atoms with Crippen LogP contribution >= 0.6 is 0 Å². The SMILES string of the molecule is C[C@@H]1C(=O)O[C@H]2[C@H](O)[C@]34[C@@H]5OC(=O)[C@]3(OC3OC(=O)[C@H](O)[C@@]34[C@H](C(C)(C)C)[C@H]5O)[C@@]12O. The van der Waals surface area contributed by atoms with Gasteiger partial charge in [-0.25, -0.2) is 9.59 Å². The van der Waals surface area contributed by atoms with Gasteiger partial charge in [-0.3, -0.25) is 4.79 Å². The molecule has 0 aromatic carbocycles. The third-order valence-electron chi connectivity index (χ3n) is 8.95. The number of rotatable bonds is 0. The first-order valence-electron chi connectivity index (χ1n) is 10.3. The molecule has 6 rings (SSSR count). The van der Waals surface area contributed by atoms with Crippen LogP contribution in [0.3, 0.4) is 0 Å². The molecule has 4 heterocycles. The summed E-state index contributed by atoms with van der Waals surface area (Å²) in [5, 5.41) is 46.1. The summed E-state index contributed by atoms with van der Waals surface area (Å²) < 4.78 is 22.2. The summed E-state index contributed by atoms with van der Waals surface area (Å²) in [5.41, 5.74) is -9.40. The van der Waals surface area contributed by atoms with Crippen molar-refractivity contribution in [1.29, 1.82) is 0 Å². The van der Waals surface area contributed by atoms with E-state index in [9.17, 15) is 34.8 Å². The molecule has 11 nitrogen and oxygen atoms in total. The van der Waals surface area contributed by atoms with Gasteiger partial charge in [-0.05, 0) is 12.3 Å². The lowest BCUT2D eigenvalue weighted by Crippen LogP contribution is -2.67. The van der Waals surface area contributed by atoms with Crippen LogP contribution in [0.15, 0.2) is 0 Å². The molecule has 0 aromatic rings. The fourth-order valence-electron chi connectivity index (χ4n) is 8.27. The first-order chi connectivity index (χ1) is 14.3. The van der Waals surface area contributed by atoms with E-state index >= 15 is 0 Å². The largest absolute Gasteiger partial charge is 0.456 e. The number of carbonyl (C=O) groups excluding carboxylic acids is 3. The molecule has 6 aliphatic rings. The van der Waals surface area contributed by atoms with Gasteiger partial charge in [0.25, 0.3) is 0 Å². The van der Waals surface area contributed by atoms with Crippen molar-refractivity contribution < 1.29 is 53.8 Å². The molecule has 12 atom stereocenters. The summed E-state index contributed by atoms with van der Waals surface area (Å²) in [6, 6.07) is 0. The average molecular weight is 440 g/mol. The Bertz CT molecular complexity index is 957. The summed E-state index contributed by atoms with van der Waals surface area (Å²) in [4.78, 5) is 38.3. The van der Waals surface area contributed by atoms with Crippen molar-refractivity contribution in [2.75, 3.05) is 0 Å². The van der Waals surface area contributed by atoms with Crippen molar-refractivity contribution in [3.8, 4) is 0 Å². The van der Waals surface area contributed by atoms with E-state index in [2.05, 4.69) is 0 Å².